The zero-order valence-corrected chi connectivity index (χ0v) is 12.9. The van der Waals surface area contributed by atoms with Crippen LogP contribution < -0.4 is 10.6 Å². The van der Waals surface area contributed by atoms with E-state index in [4.69, 9.17) is 4.74 Å². The number of anilines is 1. The highest BCUT2D eigenvalue weighted by atomic mass is 19.4. The van der Waals surface area contributed by atoms with Gasteiger partial charge in [-0.3, -0.25) is 4.90 Å². The highest BCUT2D eigenvalue weighted by Crippen LogP contribution is 2.30. The van der Waals surface area contributed by atoms with Crippen LogP contribution in [0.15, 0.2) is 24.3 Å². The molecule has 2 amide bonds. The number of morpholine rings is 1. The minimum atomic E-state index is -4.45. The lowest BCUT2D eigenvalue weighted by atomic mass is 10.2. The second-order valence-electron chi connectivity index (χ2n) is 5.13. The van der Waals surface area contributed by atoms with Gasteiger partial charge in [0.05, 0.1) is 31.9 Å². The van der Waals surface area contributed by atoms with E-state index in [-0.39, 0.29) is 12.2 Å². The van der Waals surface area contributed by atoms with E-state index in [0.29, 0.717) is 19.8 Å². The molecule has 1 saturated heterocycles. The van der Waals surface area contributed by atoms with Gasteiger partial charge in [-0.05, 0) is 18.2 Å². The average Bonchev–Trinajstić information content (AvgIpc) is 2.55. The van der Waals surface area contributed by atoms with Crippen molar-refractivity contribution in [1.82, 2.24) is 10.2 Å². The number of nitrogens with zero attached hydrogens (tertiary/aromatic N) is 1. The van der Waals surface area contributed by atoms with Crippen molar-refractivity contribution in [3.63, 3.8) is 0 Å². The van der Waals surface area contributed by atoms with Crippen LogP contribution in [0.25, 0.3) is 0 Å². The zero-order valence-electron chi connectivity index (χ0n) is 12.9. The van der Waals surface area contributed by atoms with Crippen LogP contribution in [0.4, 0.5) is 23.7 Å². The van der Waals surface area contributed by atoms with Gasteiger partial charge in [-0.1, -0.05) is 17.9 Å². The summed E-state index contributed by atoms with van der Waals surface area (Å²) in [6.07, 6.45) is -4.45. The third-order valence-corrected chi connectivity index (χ3v) is 3.32. The minimum absolute atomic E-state index is 0.0728. The molecule has 2 N–H and O–H groups in total. The first-order valence-corrected chi connectivity index (χ1v) is 7.43. The van der Waals surface area contributed by atoms with Crippen LogP contribution in [0, 0.1) is 11.8 Å². The highest BCUT2D eigenvalue weighted by molar-refractivity contribution is 5.89. The van der Waals surface area contributed by atoms with Gasteiger partial charge in [-0.2, -0.15) is 13.2 Å². The molecule has 5 nitrogen and oxygen atoms in total. The number of nitrogens with one attached hydrogen (secondary N) is 2. The monoisotopic (exact) mass is 341 g/mol. The molecular weight excluding hydrogens is 323 g/mol. The molecule has 1 aliphatic heterocycles. The molecule has 8 heteroatoms. The number of benzene rings is 1. The van der Waals surface area contributed by atoms with Crippen LogP contribution in [0.5, 0.6) is 0 Å². The molecule has 0 radical (unpaired) electrons. The fraction of sp³-hybridized carbons (Fsp3) is 0.438. The Morgan fingerprint density at radius 3 is 2.71 bits per heavy atom. The van der Waals surface area contributed by atoms with E-state index in [1.807, 2.05) is 0 Å². The summed E-state index contributed by atoms with van der Waals surface area (Å²) in [6.45, 7) is 3.77. The molecule has 130 valence electrons. The van der Waals surface area contributed by atoms with Gasteiger partial charge in [0.15, 0.2) is 0 Å². The summed E-state index contributed by atoms with van der Waals surface area (Å²) >= 11 is 0. The molecule has 0 atom stereocenters. The number of hydrogen-bond acceptors (Lipinski definition) is 3. The first kappa shape index (κ1) is 18.1. The molecule has 0 aromatic heterocycles. The maximum Gasteiger partial charge on any atom is 0.416 e. The van der Waals surface area contributed by atoms with Crippen molar-refractivity contribution in [2.75, 3.05) is 44.7 Å². The largest absolute Gasteiger partial charge is 0.416 e. The van der Waals surface area contributed by atoms with E-state index in [9.17, 15) is 18.0 Å². The maximum atomic E-state index is 12.6. The quantitative estimate of drug-likeness (QED) is 0.829. The van der Waals surface area contributed by atoms with Gasteiger partial charge in [0.25, 0.3) is 0 Å². The Kier molecular flexibility index (Phi) is 6.46. The van der Waals surface area contributed by atoms with Crippen LogP contribution in [0.2, 0.25) is 0 Å². The molecule has 2 rings (SSSR count). The van der Waals surface area contributed by atoms with Gasteiger partial charge in [-0.25, -0.2) is 4.79 Å². The van der Waals surface area contributed by atoms with Crippen LogP contribution >= 0.6 is 0 Å². The lowest BCUT2D eigenvalue weighted by Crippen LogP contribution is -2.36. The van der Waals surface area contributed by atoms with Gasteiger partial charge in [0, 0.05) is 18.8 Å². The number of carbonyl (C=O) groups excluding carboxylic acids is 1. The van der Waals surface area contributed by atoms with Crippen molar-refractivity contribution in [2.45, 2.75) is 6.18 Å². The van der Waals surface area contributed by atoms with Gasteiger partial charge in [0.2, 0.25) is 0 Å². The Morgan fingerprint density at radius 1 is 1.25 bits per heavy atom. The maximum absolute atomic E-state index is 12.6. The van der Waals surface area contributed by atoms with Crippen LogP contribution in [-0.4, -0.2) is 50.3 Å². The van der Waals surface area contributed by atoms with E-state index in [2.05, 4.69) is 27.4 Å². The number of urea groups is 1. The molecule has 1 aromatic rings. The molecule has 0 unspecified atom stereocenters. The predicted octanol–water partition coefficient (Wildman–Crippen LogP) is 2.16. The van der Waals surface area contributed by atoms with Gasteiger partial charge >= 0.3 is 12.2 Å². The Balaban J connectivity index is 1.73. The number of halogens is 3. The third kappa shape index (κ3) is 6.10. The van der Waals surface area contributed by atoms with Crippen LogP contribution in [-0.2, 0) is 10.9 Å². The molecule has 0 bridgehead atoms. The standard InChI is InChI=1S/C16H18F3N3O2/c17-16(18,19)13-4-3-5-14(12-13)21-15(23)20-6-1-2-7-22-8-10-24-11-9-22/h3-5,12H,6-11H2,(H2,20,21,23). The van der Waals surface area contributed by atoms with Gasteiger partial charge < -0.3 is 15.4 Å². The molecule has 1 heterocycles. The Hall–Kier alpha value is -2.24. The number of alkyl halides is 3. The lowest BCUT2D eigenvalue weighted by molar-refractivity contribution is -0.137. The van der Waals surface area contributed by atoms with Crippen molar-refractivity contribution in [2.24, 2.45) is 0 Å². The summed E-state index contributed by atoms with van der Waals surface area (Å²) in [4.78, 5) is 13.8. The number of carbonyl (C=O) groups is 1. The smallest absolute Gasteiger partial charge is 0.379 e. The van der Waals surface area contributed by atoms with Crippen LogP contribution in [0.3, 0.4) is 0 Å². The molecule has 24 heavy (non-hydrogen) atoms. The van der Waals surface area contributed by atoms with E-state index in [1.165, 1.54) is 12.1 Å². The third-order valence-electron chi connectivity index (χ3n) is 3.32. The number of ether oxygens (including phenoxy) is 1. The van der Waals surface area contributed by atoms with Crippen molar-refractivity contribution >= 4 is 11.7 Å². The van der Waals surface area contributed by atoms with Crippen molar-refractivity contribution in [1.29, 1.82) is 0 Å². The normalized spacial score (nSPS) is 15.3. The summed E-state index contributed by atoms with van der Waals surface area (Å²) in [5, 5.41) is 4.83. The molecule has 0 spiro atoms. The van der Waals surface area contributed by atoms with Crippen molar-refractivity contribution < 1.29 is 22.7 Å². The first-order valence-electron chi connectivity index (χ1n) is 7.43. The molecule has 1 aromatic carbocycles. The van der Waals surface area contributed by atoms with Crippen LogP contribution in [0.1, 0.15) is 5.56 Å². The van der Waals surface area contributed by atoms with E-state index in [0.717, 1.165) is 25.2 Å². The molecular formula is C16H18F3N3O2. The second-order valence-corrected chi connectivity index (χ2v) is 5.13. The summed E-state index contributed by atoms with van der Waals surface area (Å²) in [6, 6.07) is 3.85. The SMILES string of the molecule is O=C(NCC#CCN1CCOCC1)Nc1cccc(C(F)(F)F)c1. The summed E-state index contributed by atoms with van der Waals surface area (Å²) in [5.74, 6) is 5.73. The Labute approximate surface area is 138 Å². The Bertz CT molecular complexity index is 617. The van der Waals surface area contributed by atoms with Crippen molar-refractivity contribution in [3.05, 3.63) is 29.8 Å². The highest BCUT2D eigenvalue weighted by Gasteiger charge is 2.30. The second kappa shape index (κ2) is 8.57. The van der Waals surface area contributed by atoms with Crippen molar-refractivity contribution in [3.8, 4) is 11.8 Å². The summed E-state index contributed by atoms with van der Waals surface area (Å²) in [5.41, 5.74) is -0.741. The fourth-order valence-electron chi connectivity index (χ4n) is 2.06. The predicted molar refractivity (Wildman–Crippen MR) is 83.5 cm³/mol. The number of hydrogen-bond donors (Lipinski definition) is 2. The van der Waals surface area contributed by atoms with Gasteiger partial charge in [-0.15, -0.1) is 0 Å². The van der Waals surface area contributed by atoms with E-state index < -0.39 is 17.8 Å². The van der Waals surface area contributed by atoms with Gasteiger partial charge in [0.1, 0.15) is 0 Å². The first-order chi connectivity index (χ1) is 11.4. The molecule has 0 saturated carbocycles. The molecule has 0 aliphatic carbocycles. The minimum Gasteiger partial charge on any atom is -0.379 e. The zero-order chi connectivity index (χ0) is 17.4. The number of amides is 2. The molecule has 1 aliphatic rings. The topological polar surface area (TPSA) is 53.6 Å². The van der Waals surface area contributed by atoms with E-state index in [1.54, 1.807) is 0 Å². The molecule has 1 fully saturated rings. The lowest BCUT2D eigenvalue weighted by Gasteiger charge is -2.24. The Morgan fingerprint density at radius 2 is 2.00 bits per heavy atom. The average molecular weight is 341 g/mol. The summed E-state index contributed by atoms with van der Waals surface area (Å²) in [7, 11) is 0. The summed E-state index contributed by atoms with van der Waals surface area (Å²) < 4.78 is 43.0. The number of rotatable bonds is 3. The fourth-order valence-corrected chi connectivity index (χ4v) is 2.06. The van der Waals surface area contributed by atoms with E-state index >= 15 is 0 Å².